The Morgan fingerprint density at radius 2 is 2.00 bits per heavy atom. The first-order valence-electron chi connectivity index (χ1n) is 6.63. The lowest BCUT2D eigenvalue weighted by Gasteiger charge is -2.18. The van der Waals surface area contributed by atoms with Crippen LogP contribution in [0.1, 0.15) is 13.8 Å². The number of ether oxygens (including phenoxy) is 1. The molecule has 0 atom stereocenters. The Kier molecular flexibility index (Phi) is 6.74. The maximum Gasteiger partial charge on any atom is 0.257 e. The van der Waals surface area contributed by atoms with Gasteiger partial charge in [0.1, 0.15) is 5.75 Å². The maximum absolute atomic E-state index is 11.6. The van der Waals surface area contributed by atoms with E-state index in [0.717, 1.165) is 19.6 Å². The number of hydrogen-bond acceptors (Lipinski definition) is 4. The first kappa shape index (κ1) is 15.3. The van der Waals surface area contributed by atoms with Crippen molar-refractivity contribution in [1.82, 2.24) is 10.2 Å². The molecule has 0 aliphatic heterocycles. The van der Waals surface area contributed by atoms with Crippen molar-refractivity contribution in [2.24, 2.45) is 0 Å². The van der Waals surface area contributed by atoms with Crippen molar-refractivity contribution >= 4 is 11.6 Å². The van der Waals surface area contributed by atoms with Crippen LogP contribution in [0.5, 0.6) is 5.75 Å². The van der Waals surface area contributed by atoms with Crippen LogP contribution in [-0.4, -0.2) is 43.6 Å². The topological polar surface area (TPSA) is 67.6 Å². The molecule has 0 aromatic heterocycles. The third kappa shape index (κ3) is 5.61. The number of carbonyl (C=O) groups excluding carboxylic acids is 1. The minimum absolute atomic E-state index is 0.00748. The first-order valence-corrected chi connectivity index (χ1v) is 6.63. The molecule has 3 N–H and O–H groups in total. The Hall–Kier alpha value is -1.75. The van der Waals surface area contributed by atoms with Crippen LogP contribution in [0.3, 0.4) is 0 Å². The zero-order valence-corrected chi connectivity index (χ0v) is 11.7. The van der Waals surface area contributed by atoms with Crippen LogP contribution in [0.4, 0.5) is 5.69 Å². The SMILES string of the molecule is CCN(CC)CCNC(=O)COc1ccccc1N. The molecule has 0 bridgehead atoms. The predicted molar refractivity (Wildman–Crippen MR) is 77.1 cm³/mol. The van der Waals surface area contributed by atoms with Gasteiger partial charge in [0, 0.05) is 13.1 Å². The van der Waals surface area contributed by atoms with Crippen molar-refractivity contribution in [2.75, 3.05) is 38.5 Å². The zero-order chi connectivity index (χ0) is 14.1. The Balaban J connectivity index is 2.23. The molecule has 1 rings (SSSR count). The zero-order valence-electron chi connectivity index (χ0n) is 11.7. The van der Waals surface area contributed by atoms with Gasteiger partial charge in [-0.05, 0) is 25.2 Å². The van der Waals surface area contributed by atoms with E-state index in [2.05, 4.69) is 24.1 Å². The second kappa shape index (κ2) is 8.37. The summed E-state index contributed by atoms with van der Waals surface area (Å²) in [6, 6.07) is 7.14. The van der Waals surface area contributed by atoms with Crippen molar-refractivity contribution in [1.29, 1.82) is 0 Å². The fraction of sp³-hybridized carbons (Fsp3) is 0.500. The Morgan fingerprint density at radius 3 is 2.63 bits per heavy atom. The molecule has 1 amide bonds. The monoisotopic (exact) mass is 265 g/mol. The van der Waals surface area contributed by atoms with Crippen LogP contribution >= 0.6 is 0 Å². The number of anilines is 1. The van der Waals surface area contributed by atoms with Crippen molar-refractivity contribution in [3.8, 4) is 5.75 Å². The molecule has 0 spiro atoms. The highest BCUT2D eigenvalue weighted by atomic mass is 16.5. The number of rotatable bonds is 8. The third-order valence-electron chi connectivity index (χ3n) is 2.92. The summed E-state index contributed by atoms with van der Waals surface area (Å²) in [5.74, 6) is 0.414. The molecule has 0 radical (unpaired) electrons. The van der Waals surface area contributed by atoms with Crippen LogP contribution in [0.25, 0.3) is 0 Å². The van der Waals surface area contributed by atoms with Gasteiger partial charge < -0.3 is 20.7 Å². The number of nitrogen functional groups attached to an aromatic ring is 1. The Labute approximate surface area is 114 Å². The second-order valence-electron chi connectivity index (χ2n) is 4.20. The lowest BCUT2D eigenvalue weighted by atomic mass is 10.3. The van der Waals surface area contributed by atoms with Crippen LogP contribution in [0.15, 0.2) is 24.3 Å². The molecular weight excluding hydrogens is 242 g/mol. The van der Waals surface area contributed by atoms with E-state index in [1.807, 2.05) is 12.1 Å². The predicted octanol–water partition coefficient (Wildman–Crippen LogP) is 1.11. The smallest absolute Gasteiger partial charge is 0.257 e. The van der Waals surface area contributed by atoms with Crippen LogP contribution in [0.2, 0.25) is 0 Å². The number of nitrogens with two attached hydrogens (primary N) is 1. The molecule has 0 saturated heterocycles. The van der Waals surface area contributed by atoms with Crippen LogP contribution < -0.4 is 15.8 Å². The lowest BCUT2D eigenvalue weighted by Crippen LogP contribution is -2.36. The van der Waals surface area contributed by atoms with Gasteiger partial charge in [-0.1, -0.05) is 26.0 Å². The average molecular weight is 265 g/mol. The summed E-state index contributed by atoms with van der Waals surface area (Å²) in [4.78, 5) is 13.8. The minimum Gasteiger partial charge on any atom is -0.482 e. The van der Waals surface area contributed by atoms with Crippen molar-refractivity contribution in [3.05, 3.63) is 24.3 Å². The molecule has 19 heavy (non-hydrogen) atoms. The molecule has 0 aliphatic carbocycles. The van der Waals surface area contributed by atoms with Crippen LogP contribution in [0, 0.1) is 0 Å². The number of para-hydroxylation sites is 2. The van der Waals surface area contributed by atoms with Gasteiger partial charge in [0.2, 0.25) is 0 Å². The number of likely N-dealkylation sites (N-methyl/N-ethyl adjacent to an activating group) is 1. The van der Waals surface area contributed by atoms with E-state index in [0.29, 0.717) is 18.0 Å². The van der Waals surface area contributed by atoms with Crippen molar-refractivity contribution in [3.63, 3.8) is 0 Å². The number of amides is 1. The molecule has 1 aromatic rings. The summed E-state index contributed by atoms with van der Waals surface area (Å²) in [7, 11) is 0. The number of nitrogens with one attached hydrogen (secondary N) is 1. The molecule has 5 heteroatoms. The standard InChI is InChI=1S/C14H23N3O2/c1-3-17(4-2)10-9-16-14(18)11-19-13-8-6-5-7-12(13)15/h5-8H,3-4,9-11,15H2,1-2H3,(H,16,18). The Morgan fingerprint density at radius 1 is 1.32 bits per heavy atom. The second-order valence-corrected chi connectivity index (χ2v) is 4.20. The van der Waals surface area contributed by atoms with Gasteiger partial charge in [0.25, 0.3) is 5.91 Å². The highest BCUT2D eigenvalue weighted by Crippen LogP contribution is 2.19. The van der Waals surface area contributed by atoms with Gasteiger partial charge >= 0.3 is 0 Å². The first-order chi connectivity index (χ1) is 9.17. The molecule has 5 nitrogen and oxygen atoms in total. The van der Waals surface area contributed by atoms with Gasteiger partial charge in [-0.3, -0.25) is 4.79 Å². The van der Waals surface area contributed by atoms with Gasteiger partial charge in [-0.15, -0.1) is 0 Å². The molecule has 1 aromatic carbocycles. The molecule has 0 saturated carbocycles. The third-order valence-corrected chi connectivity index (χ3v) is 2.92. The molecule has 106 valence electrons. The van der Waals surface area contributed by atoms with E-state index in [9.17, 15) is 4.79 Å². The van der Waals surface area contributed by atoms with Gasteiger partial charge in [0.15, 0.2) is 6.61 Å². The van der Waals surface area contributed by atoms with E-state index < -0.39 is 0 Å². The summed E-state index contributed by atoms with van der Waals surface area (Å²) < 4.78 is 5.36. The minimum atomic E-state index is -0.129. The van der Waals surface area contributed by atoms with Crippen molar-refractivity contribution < 1.29 is 9.53 Å². The normalized spacial score (nSPS) is 10.5. The summed E-state index contributed by atoms with van der Waals surface area (Å²) in [6.45, 7) is 7.67. The number of benzene rings is 1. The summed E-state index contributed by atoms with van der Waals surface area (Å²) in [5, 5.41) is 2.83. The van der Waals surface area contributed by atoms with E-state index in [1.54, 1.807) is 12.1 Å². The molecule has 0 heterocycles. The summed E-state index contributed by atoms with van der Waals surface area (Å²) in [6.07, 6.45) is 0. The number of nitrogens with zero attached hydrogens (tertiary/aromatic N) is 1. The highest BCUT2D eigenvalue weighted by molar-refractivity contribution is 5.77. The van der Waals surface area contributed by atoms with E-state index in [4.69, 9.17) is 10.5 Å². The Bertz CT molecular complexity index is 392. The summed E-state index contributed by atoms with van der Waals surface area (Å²) >= 11 is 0. The molecule has 0 aliphatic rings. The number of hydrogen-bond donors (Lipinski definition) is 2. The number of carbonyl (C=O) groups is 1. The lowest BCUT2D eigenvalue weighted by molar-refractivity contribution is -0.123. The van der Waals surface area contributed by atoms with Crippen molar-refractivity contribution in [2.45, 2.75) is 13.8 Å². The van der Waals surface area contributed by atoms with Gasteiger partial charge in [0.05, 0.1) is 5.69 Å². The van der Waals surface area contributed by atoms with Crippen LogP contribution in [-0.2, 0) is 4.79 Å². The van der Waals surface area contributed by atoms with Gasteiger partial charge in [-0.2, -0.15) is 0 Å². The van der Waals surface area contributed by atoms with Gasteiger partial charge in [-0.25, -0.2) is 0 Å². The highest BCUT2D eigenvalue weighted by Gasteiger charge is 2.05. The average Bonchev–Trinajstić information content (AvgIpc) is 2.43. The molecule has 0 unspecified atom stereocenters. The fourth-order valence-electron chi connectivity index (χ4n) is 1.70. The fourth-order valence-corrected chi connectivity index (χ4v) is 1.70. The van der Waals surface area contributed by atoms with E-state index in [1.165, 1.54) is 0 Å². The maximum atomic E-state index is 11.6. The molecule has 0 fully saturated rings. The summed E-state index contributed by atoms with van der Waals surface area (Å²) in [5.41, 5.74) is 6.26. The molecular formula is C14H23N3O2. The van der Waals surface area contributed by atoms with E-state index >= 15 is 0 Å². The van der Waals surface area contributed by atoms with E-state index in [-0.39, 0.29) is 12.5 Å². The largest absolute Gasteiger partial charge is 0.482 e. The quantitative estimate of drug-likeness (QED) is 0.691.